The fourth-order valence-corrected chi connectivity index (χ4v) is 6.78. The van der Waals surface area contributed by atoms with Crippen molar-refractivity contribution < 1.29 is 9.53 Å². The Hall–Kier alpha value is -0.370. The molecule has 5 unspecified atom stereocenters. The predicted octanol–water partition coefficient (Wildman–Crippen LogP) is 13.6. The summed E-state index contributed by atoms with van der Waals surface area (Å²) in [6.45, 7) is 23.2. The van der Waals surface area contributed by atoms with Gasteiger partial charge in [0.1, 0.15) is 5.60 Å². The van der Waals surface area contributed by atoms with Crippen molar-refractivity contribution in [3.8, 4) is 0 Å². The lowest BCUT2D eigenvalue weighted by atomic mass is 9.89. The third kappa shape index (κ3) is 25.5. The highest BCUT2D eigenvalue weighted by atomic mass is 16.5. The maximum absolute atomic E-state index is 12.3. The van der Waals surface area contributed by atoms with Crippen molar-refractivity contribution in [1.29, 1.82) is 0 Å². The number of hydrogen-bond acceptors (Lipinski definition) is 2. The molecule has 2 heteroatoms. The second kappa shape index (κ2) is 25.8. The van der Waals surface area contributed by atoms with Gasteiger partial charge in [0.05, 0.1) is 0 Å². The van der Waals surface area contributed by atoms with Gasteiger partial charge >= 0.3 is 0 Å². The van der Waals surface area contributed by atoms with E-state index in [0.29, 0.717) is 12.3 Å². The molecule has 0 radical (unpaired) electrons. The first-order valence-electron chi connectivity index (χ1n) is 19.3. The van der Waals surface area contributed by atoms with Gasteiger partial charge in [-0.15, -0.1) is 0 Å². The number of carbonyl (C=O) groups excluding carboxylic acids is 1. The first-order valence-corrected chi connectivity index (χ1v) is 19.3. The monoisotopic (exact) mass is 607 g/mol. The summed E-state index contributed by atoms with van der Waals surface area (Å²) in [5.41, 5.74) is -0.632. The third-order valence-electron chi connectivity index (χ3n) is 10.7. The Balaban J connectivity index is 3.72. The zero-order valence-electron chi connectivity index (χ0n) is 31.7. The average molecular weight is 607 g/mol. The second-order valence-electron chi connectivity index (χ2n) is 16.6. The molecule has 0 amide bonds. The van der Waals surface area contributed by atoms with Gasteiger partial charge in [-0.3, -0.25) is 4.79 Å². The molecule has 0 aromatic carbocycles. The minimum Gasteiger partial charge on any atom is -0.371 e. The van der Waals surface area contributed by atoms with Crippen molar-refractivity contribution >= 4 is 5.78 Å². The molecule has 0 N–H and O–H groups in total. The lowest BCUT2D eigenvalue weighted by Crippen LogP contribution is -2.33. The fraction of sp³-hybridized carbons (Fsp3) is 0.976. The number of methoxy groups -OCH3 is 1. The summed E-state index contributed by atoms with van der Waals surface area (Å²) in [5, 5.41) is 0. The van der Waals surface area contributed by atoms with Crippen LogP contribution in [-0.2, 0) is 9.53 Å². The van der Waals surface area contributed by atoms with Crippen molar-refractivity contribution in [2.24, 2.45) is 41.4 Å². The molecule has 0 aromatic heterocycles. The maximum atomic E-state index is 12.3. The molecular formula is C41H82O2. The van der Waals surface area contributed by atoms with Gasteiger partial charge in [-0.25, -0.2) is 0 Å². The van der Waals surface area contributed by atoms with E-state index in [1.807, 2.05) is 13.8 Å². The summed E-state index contributed by atoms with van der Waals surface area (Å²) in [6, 6.07) is 0. The van der Waals surface area contributed by atoms with Gasteiger partial charge in [-0.05, 0) is 61.7 Å². The molecule has 0 fully saturated rings. The molecule has 6 atom stereocenters. The van der Waals surface area contributed by atoms with Gasteiger partial charge in [-0.1, -0.05) is 177 Å². The molecule has 0 aliphatic rings. The molecule has 0 rings (SSSR count). The van der Waals surface area contributed by atoms with Crippen molar-refractivity contribution in [2.45, 2.75) is 210 Å². The van der Waals surface area contributed by atoms with Crippen LogP contribution in [0, 0.1) is 41.4 Å². The minimum atomic E-state index is -0.632. The molecule has 43 heavy (non-hydrogen) atoms. The Morgan fingerprint density at radius 2 is 0.698 bits per heavy atom. The van der Waals surface area contributed by atoms with E-state index in [0.717, 1.165) is 41.9 Å². The van der Waals surface area contributed by atoms with Crippen molar-refractivity contribution in [1.82, 2.24) is 0 Å². The molecule has 0 saturated carbocycles. The van der Waals surface area contributed by atoms with Crippen LogP contribution in [0.4, 0.5) is 0 Å². The van der Waals surface area contributed by atoms with Gasteiger partial charge in [-0.2, -0.15) is 0 Å². The van der Waals surface area contributed by atoms with Gasteiger partial charge in [0.2, 0.25) is 0 Å². The number of ketones is 1. The van der Waals surface area contributed by atoms with Crippen LogP contribution in [0.2, 0.25) is 0 Å². The van der Waals surface area contributed by atoms with Crippen LogP contribution in [0.1, 0.15) is 204 Å². The Labute approximate surface area is 273 Å². The number of carbonyl (C=O) groups is 1. The molecule has 0 saturated heterocycles. The van der Waals surface area contributed by atoms with Gasteiger partial charge < -0.3 is 4.74 Å². The van der Waals surface area contributed by atoms with Crippen LogP contribution < -0.4 is 0 Å². The van der Waals surface area contributed by atoms with Crippen molar-refractivity contribution in [3.63, 3.8) is 0 Å². The zero-order chi connectivity index (χ0) is 32.7. The lowest BCUT2D eigenvalue weighted by molar-refractivity contribution is -0.137. The summed E-state index contributed by atoms with van der Waals surface area (Å²) < 4.78 is 5.33. The molecule has 258 valence electrons. The first kappa shape index (κ1) is 42.6. The zero-order valence-corrected chi connectivity index (χ0v) is 31.7. The van der Waals surface area contributed by atoms with E-state index in [9.17, 15) is 4.79 Å². The predicted molar refractivity (Wildman–Crippen MR) is 193 cm³/mol. The largest absolute Gasteiger partial charge is 0.371 e. The highest BCUT2D eigenvalue weighted by Gasteiger charge is 2.26. The Bertz CT molecular complexity index is 638. The number of hydrogen-bond donors (Lipinski definition) is 0. The van der Waals surface area contributed by atoms with Crippen molar-refractivity contribution in [2.75, 3.05) is 7.11 Å². The Morgan fingerprint density at radius 3 is 0.977 bits per heavy atom. The average Bonchev–Trinajstić information content (AvgIpc) is 2.93. The van der Waals surface area contributed by atoms with Gasteiger partial charge in [0.15, 0.2) is 5.78 Å². The highest BCUT2D eigenvalue weighted by molar-refractivity contribution is 5.86. The normalized spacial score (nSPS) is 16.7. The maximum Gasteiger partial charge on any atom is 0.164 e. The molecule has 0 aromatic rings. The molecule has 0 aliphatic heterocycles. The number of ether oxygens (including phenoxy) is 1. The summed E-state index contributed by atoms with van der Waals surface area (Å²) >= 11 is 0. The molecule has 2 nitrogen and oxygen atoms in total. The quantitative estimate of drug-likeness (QED) is 0.0760. The molecular weight excluding hydrogens is 524 g/mol. The van der Waals surface area contributed by atoms with Crippen molar-refractivity contribution in [3.05, 3.63) is 0 Å². The molecule has 0 bridgehead atoms. The van der Waals surface area contributed by atoms with E-state index in [1.54, 1.807) is 7.11 Å². The van der Waals surface area contributed by atoms with Crippen LogP contribution in [0.3, 0.4) is 0 Å². The van der Waals surface area contributed by atoms with E-state index in [4.69, 9.17) is 4.74 Å². The first-order chi connectivity index (χ1) is 20.3. The van der Waals surface area contributed by atoms with E-state index < -0.39 is 5.60 Å². The van der Waals surface area contributed by atoms with Crippen LogP contribution >= 0.6 is 0 Å². The standard InChI is InChI=1S/C41H82O2/c1-33(2)19-14-22-36(5)25-17-28-37(6)26-15-23-34(3)20-12-13-21-35(4)24-16-27-38(7)29-18-30-39(8)31-32-40(42)41(9,10)43-11/h33-39H,12-32H2,1-11H3/t34?,35?,36?,37-,38?,39?/m0/s1. The fourth-order valence-electron chi connectivity index (χ4n) is 6.78. The minimum absolute atomic E-state index is 0.234. The lowest BCUT2D eigenvalue weighted by Gasteiger charge is -2.22. The summed E-state index contributed by atoms with van der Waals surface area (Å²) in [4.78, 5) is 12.3. The van der Waals surface area contributed by atoms with Gasteiger partial charge in [0, 0.05) is 13.5 Å². The Morgan fingerprint density at radius 1 is 0.442 bits per heavy atom. The number of Topliss-reactive ketones (excluding diaryl/α,β-unsaturated/α-hetero) is 1. The summed E-state index contributed by atoms with van der Waals surface area (Å²) in [5.74, 6) is 6.19. The molecule has 0 heterocycles. The highest BCUT2D eigenvalue weighted by Crippen LogP contribution is 2.26. The van der Waals surface area contributed by atoms with E-state index >= 15 is 0 Å². The van der Waals surface area contributed by atoms with E-state index in [1.165, 1.54) is 122 Å². The SMILES string of the molecule is COC(C)(C)C(=O)CCC(C)CCCC(C)CCCC(C)CCCCC(C)CCC[C@H](C)CCCC(C)CCCC(C)C. The summed E-state index contributed by atoms with van der Waals surface area (Å²) in [6.07, 6.45) is 28.3. The van der Waals surface area contributed by atoms with Crippen LogP contribution in [0.15, 0.2) is 0 Å². The van der Waals surface area contributed by atoms with E-state index in [-0.39, 0.29) is 5.78 Å². The number of unbranched alkanes of at least 4 members (excludes halogenated alkanes) is 1. The smallest absolute Gasteiger partial charge is 0.164 e. The van der Waals surface area contributed by atoms with Crippen LogP contribution in [-0.4, -0.2) is 18.5 Å². The van der Waals surface area contributed by atoms with Gasteiger partial charge in [0.25, 0.3) is 0 Å². The summed E-state index contributed by atoms with van der Waals surface area (Å²) in [7, 11) is 1.63. The number of rotatable bonds is 30. The molecule has 0 aliphatic carbocycles. The molecule has 0 spiro atoms. The Kier molecular flexibility index (Phi) is 25.6. The topological polar surface area (TPSA) is 26.3 Å². The van der Waals surface area contributed by atoms with Crippen LogP contribution in [0.5, 0.6) is 0 Å². The van der Waals surface area contributed by atoms with Crippen LogP contribution in [0.25, 0.3) is 0 Å². The second-order valence-corrected chi connectivity index (χ2v) is 16.6. The third-order valence-corrected chi connectivity index (χ3v) is 10.7. The van der Waals surface area contributed by atoms with E-state index in [2.05, 4.69) is 55.4 Å².